The van der Waals surface area contributed by atoms with Gasteiger partial charge >= 0.3 is 33.6 Å². The maximum atomic E-state index is 13.1. The van der Waals surface area contributed by atoms with E-state index in [0.29, 0.717) is 19.3 Å². The fourth-order valence-corrected chi connectivity index (χ4v) is 13.8. The van der Waals surface area contributed by atoms with Crippen molar-refractivity contribution in [3.05, 3.63) is 182 Å². The Morgan fingerprint density at radius 1 is 0.239 bits per heavy atom. The number of carbonyl (C=O) groups is 3. The standard InChI is InChI=1S/C99H166O16P2/c1-4-7-10-13-16-19-22-25-28-31-34-36-38-40-42-44-45-46-47-49-51-52-54-56-59-61-64-67-70-73-76-79-82-85-97(102)109-88-94(100)89-111-116(105,106)112-90-95(101)91-113-117(107,108)114-93-96(115-99(104)87-84-81-78-75-72-69-66-63-58-33-30-27-24-21-18-15-12-9-6-3)92-110-98(103)86-83-80-77-74-71-68-65-62-60-57-55-53-50-48-43-41-39-37-35-32-29-26-23-20-17-14-11-8-5-2/h7-12,16-21,25-30,34-37,40-43,50,53,58,63,94-96,100-101H,4-6,13-15,22-24,31-33,38-39,44-49,51-52,54-57,59-62,64-93H2,1-3H3,(H,105,106)(H,107,108)/b10-7-,11-8-,12-9-,19-16-,20-17-,21-18-,28-25-,29-26-,30-27-,36-34-,37-35-,42-40-,43-41-,53-50-,63-58-. The van der Waals surface area contributed by atoms with E-state index in [-0.39, 0.29) is 19.3 Å². The molecule has 0 saturated carbocycles. The fourth-order valence-electron chi connectivity index (χ4n) is 12.2. The van der Waals surface area contributed by atoms with Crippen LogP contribution >= 0.6 is 15.6 Å². The number of esters is 3. The van der Waals surface area contributed by atoms with Gasteiger partial charge in [0.25, 0.3) is 0 Å². The van der Waals surface area contributed by atoms with Crippen molar-refractivity contribution < 1.29 is 75.8 Å². The van der Waals surface area contributed by atoms with Crippen molar-refractivity contribution in [3.63, 3.8) is 0 Å². The number of phosphoric ester groups is 2. The lowest BCUT2D eigenvalue weighted by Crippen LogP contribution is -2.30. The quantitative estimate of drug-likeness (QED) is 0.0146. The highest BCUT2D eigenvalue weighted by atomic mass is 31.2. The summed E-state index contributed by atoms with van der Waals surface area (Å²) in [4.78, 5) is 59.0. The Bertz CT molecular complexity index is 2860. The smallest absolute Gasteiger partial charge is 0.463 e. The molecule has 0 aliphatic heterocycles. The van der Waals surface area contributed by atoms with E-state index in [2.05, 4.69) is 203 Å². The van der Waals surface area contributed by atoms with Gasteiger partial charge in [-0.1, -0.05) is 376 Å². The van der Waals surface area contributed by atoms with Gasteiger partial charge in [0, 0.05) is 19.3 Å². The van der Waals surface area contributed by atoms with Crippen LogP contribution in [0.5, 0.6) is 0 Å². The van der Waals surface area contributed by atoms with Gasteiger partial charge in [0.1, 0.15) is 25.4 Å². The number of unbranched alkanes of at least 4 members (excludes halogenated alkanes) is 33. The molecule has 668 valence electrons. The summed E-state index contributed by atoms with van der Waals surface area (Å²) in [7, 11) is -9.82. The third-order valence-corrected chi connectivity index (χ3v) is 21.0. The number of aliphatic hydroxyl groups excluding tert-OH is 2. The Hall–Kier alpha value is -5.35. The third-order valence-electron chi connectivity index (χ3n) is 19.1. The van der Waals surface area contributed by atoms with E-state index in [1.807, 2.05) is 0 Å². The highest BCUT2D eigenvalue weighted by molar-refractivity contribution is 7.47. The van der Waals surface area contributed by atoms with Crippen molar-refractivity contribution in [3.8, 4) is 0 Å². The Kier molecular flexibility index (Phi) is 85.8. The molecule has 0 spiro atoms. The summed E-state index contributed by atoms with van der Waals surface area (Å²) in [6.45, 7) is 2.35. The van der Waals surface area contributed by atoms with E-state index >= 15 is 0 Å². The second-order valence-corrected chi connectivity index (χ2v) is 33.2. The predicted octanol–water partition coefficient (Wildman–Crippen LogP) is 28.4. The van der Waals surface area contributed by atoms with Crippen molar-refractivity contribution in [2.75, 3.05) is 39.6 Å². The molecule has 16 nitrogen and oxygen atoms in total. The van der Waals surface area contributed by atoms with E-state index in [4.69, 9.17) is 32.3 Å². The summed E-state index contributed by atoms with van der Waals surface area (Å²) in [5, 5.41) is 20.7. The lowest BCUT2D eigenvalue weighted by Gasteiger charge is -2.21. The number of rotatable bonds is 86. The molecule has 0 heterocycles. The molecule has 0 radical (unpaired) electrons. The molecule has 0 saturated heterocycles. The predicted molar refractivity (Wildman–Crippen MR) is 491 cm³/mol. The lowest BCUT2D eigenvalue weighted by molar-refractivity contribution is -0.161. The molecule has 5 atom stereocenters. The maximum absolute atomic E-state index is 13.1. The van der Waals surface area contributed by atoms with Crippen LogP contribution in [0.25, 0.3) is 0 Å². The lowest BCUT2D eigenvalue weighted by atomic mass is 10.0. The topological polar surface area (TPSA) is 231 Å². The average molecular weight is 1670 g/mol. The molecular weight excluding hydrogens is 1510 g/mol. The molecule has 0 aliphatic carbocycles. The normalized spacial score (nSPS) is 14.6. The van der Waals surface area contributed by atoms with Crippen molar-refractivity contribution in [1.82, 2.24) is 0 Å². The van der Waals surface area contributed by atoms with Crippen LogP contribution < -0.4 is 0 Å². The first kappa shape index (κ1) is 112. The molecule has 0 amide bonds. The molecule has 0 aromatic rings. The van der Waals surface area contributed by atoms with Gasteiger partial charge < -0.3 is 34.2 Å². The minimum atomic E-state index is -4.95. The Morgan fingerprint density at radius 3 is 0.675 bits per heavy atom. The van der Waals surface area contributed by atoms with Crippen LogP contribution in [0.2, 0.25) is 0 Å². The number of hydrogen-bond donors (Lipinski definition) is 4. The van der Waals surface area contributed by atoms with Crippen LogP contribution in [0.15, 0.2) is 182 Å². The van der Waals surface area contributed by atoms with Crippen LogP contribution in [0.4, 0.5) is 0 Å². The highest BCUT2D eigenvalue weighted by Gasteiger charge is 2.29. The fraction of sp³-hybridized carbons (Fsp3) is 0.667. The Balaban J connectivity index is 4.55. The number of carbonyl (C=O) groups excluding carboxylic acids is 3. The van der Waals surface area contributed by atoms with Gasteiger partial charge in [0.2, 0.25) is 0 Å². The van der Waals surface area contributed by atoms with Crippen LogP contribution in [0, 0.1) is 0 Å². The molecule has 0 aromatic heterocycles. The van der Waals surface area contributed by atoms with Crippen molar-refractivity contribution in [1.29, 1.82) is 0 Å². The van der Waals surface area contributed by atoms with Crippen molar-refractivity contribution in [2.45, 2.75) is 386 Å². The molecule has 0 fully saturated rings. The van der Waals surface area contributed by atoms with Gasteiger partial charge in [-0.2, -0.15) is 0 Å². The molecule has 0 bridgehead atoms. The first-order chi connectivity index (χ1) is 57.2. The van der Waals surface area contributed by atoms with E-state index in [1.165, 1.54) is 122 Å². The van der Waals surface area contributed by atoms with Crippen LogP contribution in [0.1, 0.15) is 367 Å². The van der Waals surface area contributed by atoms with Gasteiger partial charge in [-0.3, -0.25) is 32.5 Å². The summed E-state index contributed by atoms with van der Waals surface area (Å²) >= 11 is 0. The highest BCUT2D eigenvalue weighted by Crippen LogP contribution is 2.45. The van der Waals surface area contributed by atoms with Crippen molar-refractivity contribution in [2.24, 2.45) is 0 Å². The molecule has 4 N–H and O–H groups in total. The van der Waals surface area contributed by atoms with Crippen molar-refractivity contribution >= 4 is 33.6 Å². The van der Waals surface area contributed by atoms with Gasteiger partial charge in [-0.15, -0.1) is 0 Å². The second-order valence-electron chi connectivity index (χ2n) is 30.3. The van der Waals surface area contributed by atoms with E-state index in [0.717, 1.165) is 186 Å². The zero-order valence-electron chi connectivity index (χ0n) is 73.6. The zero-order valence-corrected chi connectivity index (χ0v) is 75.4. The summed E-state index contributed by atoms with van der Waals surface area (Å²) in [5.41, 5.74) is 0. The number of allylic oxidation sites excluding steroid dienone is 30. The summed E-state index contributed by atoms with van der Waals surface area (Å²) in [6.07, 6.45) is 118. The first-order valence-electron chi connectivity index (χ1n) is 46.1. The van der Waals surface area contributed by atoms with Gasteiger partial charge in [0.15, 0.2) is 6.10 Å². The molecular formula is C99H166O16P2. The first-order valence-corrected chi connectivity index (χ1v) is 49.1. The van der Waals surface area contributed by atoms with Crippen LogP contribution in [-0.4, -0.2) is 95.9 Å². The van der Waals surface area contributed by atoms with E-state index in [9.17, 15) is 43.5 Å². The second kappa shape index (κ2) is 89.9. The third kappa shape index (κ3) is 91.2. The summed E-state index contributed by atoms with van der Waals surface area (Å²) in [6, 6.07) is 0. The minimum absolute atomic E-state index is 0.0825. The van der Waals surface area contributed by atoms with Crippen LogP contribution in [0.3, 0.4) is 0 Å². The molecule has 0 rings (SSSR count). The molecule has 0 aromatic carbocycles. The minimum Gasteiger partial charge on any atom is -0.463 e. The molecule has 117 heavy (non-hydrogen) atoms. The van der Waals surface area contributed by atoms with Gasteiger partial charge in [0.05, 0.1) is 26.4 Å². The molecule has 0 aliphatic rings. The number of ether oxygens (including phenoxy) is 3. The summed E-state index contributed by atoms with van der Waals surface area (Å²) < 4.78 is 61.5. The van der Waals surface area contributed by atoms with Gasteiger partial charge in [-0.25, -0.2) is 9.13 Å². The molecule has 5 unspecified atom stereocenters. The summed E-state index contributed by atoms with van der Waals surface area (Å²) in [5.74, 6) is -1.59. The van der Waals surface area contributed by atoms with Gasteiger partial charge in [-0.05, 0) is 154 Å². The average Bonchev–Trinajstić information content (AvgIpc) is 0.899. The molecule has 18 heteroatoms. The largest absolute Gasteiger partial charge is 0.472 e. The Morgan fingerprint density at radius 2 is 0.427 bits per heavy atom. The monoisotopic (exact) mass is 1670 g/mol. The number of aliphatic hydroxyl groups is 2. The zero-order chi connectivity index (χ0) is 85.1. The number of phosphoric acid groups is 2. The van der Waals surface area contributed by atoms with E-state index in [1.54, 1.807) is 0 Å². The maximum Gasteiger partial charge on any atom is 0.472 e. The number of hydrogen-bond acceptors (Lipinski definition) is 14. The van der Waals surface area contributed by atoms with E-state index < -0.39 is 91.5 Å². The van der Waals surface area contributed by atoms with Crippen LogP contribution in [-0.2, 0) is 55.8 Å². The SMILES string of the molecule is CC/C=C\C/C=C\C/C=C\C/C=C\C/C=C\C/C=C\CCCCCCCCCCCCC(=O)OCC(COP(=O)(O)OCC(O)COP(=O)(O)OCC(O)COC(=O)CCCCCCCCCCCCCCCCCCC/C=C\C/C=C\C/C=C\C/C=C\C/C=C\CC)OC(=O)CCCCCCCC/C=C\C/C=C\C/C=C\C/C=C\CC. The Labute approximate surface area is 713 Å².